The summed E-state index contributed by atoms with van der Waals surface area (Å²) in [6.45, 7) is 5.01. The molecule has 2 saturated heterocycles. The van der Waals surface area contributed by atoms with Crippen molar-refractivity contribution in [2.75, 3.05) is 19.7 Å². The topological polar surface area (TPSA) is 23.5 Å². The van der Waals surface area contributed by atoms with Crippen molar-refractivity contribution in [1.29, 1.82) is 0 Å². The first kappa shape index (κ1) is 7.56. The number of rotatable bonds is 3. The van der Waals surface area contributed by atoms with Gasteiger partial charge in [-0.1, -0.05) is 6.92 Å². The van der Waals surface area contributed by atoms with E-state index in [0.29, 0.717) is 6.61 Å². The van der Waals surface area contributed by atoms with Crippen LogP contribution in [-0.2, 0) is 0 Å². The van der Waals surface area contributed by atoms with Crippen LogP contribution in [0.4, 0.5) is 0 Å². The molecule has 2 aliphatic heterocycles. The van der Waals surface area contributed by atoms with Crippen molar-refractivity contribution in [1.82, 2.24) is 4.90 Å². The number of fused-ring (bicyclic) bond motifs is 1. The summed E-state index contributed by atoms with van der Waals surface area (Å²) in [5.41, 5.74) is 0.237. The van der Waals surface area contributed by atoms with Gasteiger partial charge in [-0.25, -0.2) is 0 Å². The molecule has 1 aliphatic carbocycles. The lowest BCUT2D eigenvalue weighted by molar-refractivity contribution is 0.0379. The SMILES string of the molecule is CCCN1CC2CC1(CO)C2. The van der Waals surface area contributed by atoms with Crippen LogP contribution in [0.5, 0.6) is 0 Å². The molecule has 0 aromatic carbocycles. The van der Waals surface area contributed by atoms with Gasteiger partial charge in [0.05, 0.1) is 6.61 Å². The molecular formula is C9H17NO. The minimum Gasteiger partial charge on any atom is -0.394 e. The summed E-state index contributed by atoms with van der Waals surface area (Å²) >= 11 is 0. The van der Waals surface area contributed by atoms with E-state index in [4.69, 9.17) is 0 Å². The van der Waals surface area contributed by atoms with Crippen LogP contribution < -0.4 is 0 Å². The Morgan fingerprint density at radius 3 is 2.82 bits per heavy atom. The van der Waals surface area contributed by atoms with Gasteiger partial charge in [0.25, 0.3) is 0 Å². The predicted molar refractivity (Wildman–Crippen MR) is 44.4 cm³/mol. The molecule has 3 rings (SSSR count). The molecule has 0 aromatic rings. The smallest absolute Gasteiger partial charge is 0.0615 e. The fraction of sp³-hybridized carbons (Fsp3) is 1.00. The summed E-state index contributed by atoms with van der Waals surface area (Å²) < 4.78 is 0. The first-order chi connectivity index (χ1) is 5.30. The number of aliphatic hydroxyl groups is 1. The molecule has 2 heteroatoms. The van der Waals surface area contributed by atoms with E-state index in [2.05, 4.69) is 11.8 Å². The van der Waals surface area contributed by atoms with Crippen molar-refractivity contribution in [3.63, 3.8) is 0 Å². The highest BCUT2D eigenvalue weighted by Crippen LogP contribution is 2.49. The van der Waals surface area contributed by atoms with Crippen LogP contribution in [0.15, 0.2) is 0 Å². The normalized spacial score (nSPS) is 42.5. The van der Waals surface area contributed by atoms with Crippen LogP contribution in [-0.4, -0.2) is 35.2 Å². The Bertz CT molecular complexity index is 152. The molecule has 0 radical (unpaired) electrons. The Hall–Kier alpha value is -0.0800. The van der Waals surface area contributed by atoms with Gasteiger partial charge in [0.1, 0.15) is 0 Å². The van der Waals surface area contributed by atoms with Crippen LogP contribution in [0.25, 0.3) is 0 Å². The lowest BCUT2D eigenvalue weighted by Crippen LogP contribution is -2.49. The largest absolute Gasteiger partial charge is 0.394 e. The Morgan fingerprint density at radius 2 is 2.27 bits per heavy atom. The Kier molecular flexibility index (Phi) is 1.69. The quantitative estimate of drug-likeness (QED) is 0.653. The molecule has 2 heterocycles. The maximum Gasteiger partial charge on any atom is 0.0615 e. The highest BCUT2D eigenvalue weighted by molar-refractivity contribution is 5.09. The third-order valence-corrected chi connectivity index (χ3v) is 3.27. The first-order valence-electron chi connectivity index (χ1n) is 4.66. The van der Waals surface area contributed by atoms with Crippen LogP contribution in [0.1, 0.15) is 26.2 Å². The van der Waals surface area contributed by atoms with Gasteiger partial charge < -0.3 is 5.11 Å². The van der Waals surface area contributed by atoms with Gasteiger partial charge in [0.2, 0.25) is 0 Å². The maximum atomic E-state index is 9.22. The van der Waals surface area contributed by atoms with E-state index in [0.717, 1.165) is 5.92 Å². The van der Waals surface area contributed by atoms with E-state index in [1.54, 1.807) is 0 Å². The van der Waals surface area contributed by atoms with Gasteiger partial charge in [-0.3, -0.25) is 4.90 Å². The van der Waals surface area contributed by atoms with Crippen molar-refractivity contribution >= 4 is 0 Å². The zero-order valence-corrected chi connectivity index (χ0v) is 7.21. The highest BCUT2D eigenvalue weighted by atomic mass is 16.3. The number of nitrogens with zero attached hydrogens (tertiary/aromatic N) is 1. The summed E-state index contributed by atoms with van der Waals surface area (Å²) in [6, 6.07) is 0. The van der Waals surface area contributed by atoms with E-state index in [1.807, 2.05) is 0 Å². The van der Waals surface area contributed by atoms with Crippen LogP contribution >= 0.6 is 0 Å². The van der Waals surface area contributed by atoms with Crippen LogP contribution in [0.2, 0.25) is 0 Å². The summed E-state index contributed by atoms with van der Waals surface area (Å²) in [5, 5.41) is 9.22. The number of aliphatic hydroxyl groups excluding tert-OH is 1. The summed E-state index contributed by atoms with van der Waals surface area (Å²) in [6.07, 6.45) is 3.72. The molecule has 0 amide bonds. The summed E-state index contributed by atoms with van der Waals surface area (Å²) in [7, 11) is 0. The van der Waals surface area contributed by atoms with Crippen LogP contribution in [0.3, 0.4) is 0 Å². The Morgan fingerprint density at radius 1 is 1.55 bits per heavy atom. The summed E-state index contributed by atoms with van der Waals surface area (Å²) in [4.78, 5) is 2.48. The monoisotopic (exact) mass is 155 g/mol. The minimum atomic E-state index is 0.237. The Labute approximate surface area is 68.2 Å². The van der Waals surface area contributed by atoms with Gasteiger partial charge in [0.15, 0.2) is 0 Å². The molecule has 11 heavy (non-hydrogen) atoms. The van der Waals surface area contributed by atoms with Crippen molar-refractivity contribution < 1.29 is 5.11 Å². The van der Waals surface area contributed by atoms with Gasteiger partial charge >= 0.3 is 0 Å². The van der Waals surface area contributed by atoms with Gasteiger partial charge in [-0.15, -0.1) is 0 Å². The highest BCUT2D eigenvalue weighted by Gasteiger charge is 2.54. The van der Waals surface area contributed by atoms with Crippen molar-refractivity contribution in [3.05, 3.63) is 0 Å². The van der Waals surface area contributed by atoms with Gasteiger partial charge in [-0.05, 0) is 31.7 Å². The molecule has 2 bridgehead atoms. The molecule has 0 aromatic heterocycles. The van der Waals surface area contributed by atoms with E-state index >= 15 is 0 Å². The first-order valence-corrected chi connectivity index (χ1v) is 4.66. The van der Waals surface area contributed by atoms with Crippen molar-refractivity contribution in [2.45, 2.75) is 31.7 Å². The second-order valence-electron chi connectivity index (χ2n) is 4.10. The minimum absolute atomic E-state index is 0.237. The zero-order chi connectivity index (χ0) is 7.90. The zero-order valence-electron chi connectivity index (χ0n) is 7.21. The average molecular weight is 155 g/mol. The number of hydrogen-bond donors (Lipinski definition) is 1. The molecule has 1 N–H and O–H groups in total. The van der Waals surface area contributed by atoms with Crippen molar-refractivity contribution in [3.8, 4) is 0 Å². The second-order valence-corrected chi connectivity index (χ2v) is 4.10. The molecule has 0 atom stereocenters. The molecular weight excluding hydrogens is 138 g/mol. The van der Waals surface area contributed by atoms with Crippen molar-refractivity contribution in [2.24, 2.45) is 5.92 Å². The summed E-state index contributed by atoms with van der Waals surface area (Å²) in [5.74, 6) is 0.911. The molecule has 0 unspecified atom stereocenters. The molecule has 64 valence electrons. The average Bonchev–Trinajstić information content (AvgIpc) is 2.41. The molecule has 0 spiro atoms. The third kappa shape index (κ3) is 0.926. The molecule has 3 fully saturated rings. The molecule has 3 aliphatic rings. The second kappa shape index (κ2) is 2.46. The lowest BCUT2D eigenvalue weighted by atomic mass is 9.74. The Balaban J connectivity index is 2.00. The fourth-order valence-electron chi connectivity index (χ4n) is 2.74. The van der Waals surface area contributed by atoms with E-state index in [1.165, 1.54) is 32.4 Å². The standard InChI is InChI=1S/C9H17NO/c1-2-3-10-6-8-4-9(10,5-8)7-11/h8,11H,2-7H2,1H3. The fourth-order valence-corrected chi connectivity index (χ4v) is 2.74. The van der Waals surface area contributed by atoms with Crippen LogP contribution in [0, 0.1) is 5.92 Å². The molecule has 2 nitrogen and oxygen atoms in total. The maximum absolute atomic E-state index is 9.22. The van der Waals surface area contributed by atoms with E-state index in [9.17, 15) is 5.11 Å². The molecule has 1 saturated carbocycles. The van der Waals surface area contributed by atoms with Gasteiger partial charge in [-0.2, -0.15) is 0 Å². The third-order valence-electron chi connectivity index (χ3n) is 3.27. The van der Waals surface area contributed by atoms with E-state index in [-0.39, 0.29) is 5.54 Å². The van der Waals surface area contributed by atoms with Gasteiger partial charge in [0, 0.05) is 12.1 Å². The van der Waals surface area contributed by atoms with E-state index < -0.39 is 0 Å². The lowest BCUT2D eigenvalue weighted by Gasteiger charge is -2.40. The predicted octanol–water partition coefficient (Wildman–Crippen LogP) is 0.853. The number of hydrogen-bond acceptors (Lipinski definition) is 2.